The summed E-state index contributed by atoms with van der Waals surface area (Å²) in [5.41, 5.74) is 1.63. The number of benzene rings is 1. The Morgan fingerprint density at radius 2 is 1.73 bits per heavy atom. The van der Waals surface area contributed by atoms with Gasteiger partial charge in [-0.05, 0) is 24.6 Å². The Morgan fingerprint density at radius 3 is 2.27 bits per heavy atom. The quantitative estimate of drug-likeness (QED) is 0.824. The van der Waals surface area contributed by atoms with Gasteiger partial charge < -0.3 is 9.80 Å². The summed E-state index contributed by atoms with van der Waals surface area (Å²) in [7, 11) is 3.79. The van der Waals surface area contributed by atoms with E-state index in [4.69, 9.17) is 11.6 Å². The number of piperazine rings is 1. The standard InChI is InChI=1S/C19H24ClN5O/c1-14(15-4-6-16(20)7-5-15)24-8-10-25(11-9-24)19(26)17-12-22-18(13-21-17)23(2)3/h4-7,12-14H,8-11H2,1-3H3. The first kappa shape index (κ1) is 18.6. The molecule has 2 aromatic rings. The van der Waals surface area contributed by atoms with Crippen LogP contribution in [0.15, 0.2) is 36.7 Å². The van der Waals surface area contributed by atoms with E-state index in [9.17, 15) is 4.79 Å². The number of aromatic nitrogens is 2. The smallest absolute Gasteiger partial charge is 0.274 e. The molecular weight excluding hydrogens is 350 g/mol. The maximum atomic E-state index is 12.6. The summed E-state index contributed by atoms with van der Waals surface area (Å²) in [5, 5.41) is 0.748. The van der Waals surface area contributed by atoms with Crippen LogP contribution in [0.2, 0.25) is 5.02 Å². The van der Waals surface area contributed by atoms with Crippen LogP contribution in [0.4, 0.5) is 5.82 Å². The van der Waals surface area contributed by atoms with Gasteiger partial charge in [-0.3, -0.25) is 9.69 Å². The predicted molar refractivity (Wildman–Crippen MR) is 104 cm³/mol. The Morgan fingerprint density at radius 1 is 1.08 bits per heavy atom. The molecule has 0 radical (unpaired) electrons. The Kier molecular flexibility index (Phi) is 5.74. The molecule has 1 aromatic heterocycles. The summed E-state index contributed by atoms with van der Waals surface area (Å²) in [6.07, 6.45) is 3.19. The van der Waals surface area contributed by atoms with Crippen molar-refractivity contribution in [2.45, 2.75) is 13.0 Å². The number of nitrogens with zero attached hydrogens (tertiary/aromatic N) is 5. The van der Waals surface area contributed by atoms with E-state index in [2.05, 4.69) is 33.9 Å². The van der Waals surface area contributed by atoms with Crippen molar-refractivity contribution in [2.24, 2.45) is 0 Å². The third-order valence-corrected chi connectivity index (χ3v) is 5.07. The highest BCUT2D eigenvalue weighted by Crippen LogP contribution is 2.23. The van der Waals surface area contributed by atoms with Gasteiger partial charge in [0.25, 0.3) is 5.91 Å². The molecule has 1 aliphatic rings. The predicted octanol–water partition coefficient (Wildman–Crippen LogP) is 2.72. The Hall–Kier alpha value is -2.18. The van der Waals surface area contributed by atoms with Gasteiger partial charge in [0.1, 0.15) is 11.5 Å². The van der Waals surface area contributed by atoms with Gasteiger partial charge in [-0.25, -0.2) is 9.97 Å². The molecule has 0 bridgehead atoms. The lowest BCUT2D eigenvalue weighted by atomic mass is 10.1. The van der Waals surface area contributed by atoms with E-state index < -0.39 is 0 Å². The second kappa shape index (κ2) is 8.01. The molecule has 7 heteroatoms. The topological polar surface area (TPSA) is 52.6 Å². The third-order valence-electron chi connectivity index (χ3n) is 4.82. The number of amides is 1. The molecule has 3 rings (SSSR count). The molecule has 0 N–H and O–H groups in total. The van der Waals surface area contributed by atoms with Crippen LogP contribution >= 0.6 is 11.6 Å². The molecule has 1 fully saturated rings. The van der Waals surface area contributed by atoms with E-state index in [0.717, 1.165) is 23.9 Å². The molecule has 138 valence electrons. The summed E-state index contributed by atoms with van der Waals surface area (Å²) in [6, 6.07) is 8.26. The van der Waals surface area contributed by atoms with Gasteiger partial charge in [-0.15, -0.1) is 0 Å². The van der Waals surface area contributed by atoms with Crippen molar-refractivity contribution in [2.75, 3.05) is 45.2 Å². The molecule has 1 aliphatic heterocycles. The van der Waals surface area contributed by atoms with Gasteiger partial charge in [0.05, 0.1) is 12.4 Å². The SMILES string of the molecule is CC(c1ccc(Cl)cc1)N1CCN(C(=O)c2cnc(N(C)C)cn2)CC1. The Balaban J connectivity index is 1.59. The summed E-state index contributed by atoms with van der Waals surface area (Å²) in [5.74, 6) is 0.685. The van der Waals surface area contributed by atoms with E-state index in [0.29, 0.717) is 24.8 Å². The molecular formula is C19H24ClN5O. The fourth-order valence-electron chi connectivity index (χ4n) is 3.09. The zero-order chi connectivity index (χ0) is 18.7. The second-order valence-electron chi connectivity index (χ2n) is 6.71. The average Bonchev–Trinajstić information content (AvgIpc) is 2.67. The first-order chi connectivity index (χ1) is 12.5. The van der Waals surface area contributed by atoms with Crippen LogP contribution in [0, 0.1) is 0 Å². The minimum atomic E-state index is -0.0541. The number of carbonyl (C=O) groups excluding carboxylic acids is 1. The molecule has 1 aromatic carbocycles. The average molecular weight is 374 g/mol. The number of hydrogen-bond acceptors (Lipinski definition) is 5. The maximum Gasteiger partial charge on any atom is 0.274 e. The largest absolute Gasteiger partial charge is 0.361 e. The third kappa shape index (κ3) is 4.14. The van der Waals surface area contributed by atoms with Crippen molar-refractivity contribution in [3.8, 4) is 0 Å². The zero-order valence-corrected chi connectivity index (χ0v) is 16.1. The van der Waals surface area contributed by atoms with Crippen LogP contribution < -0.4 is 4.90 Å². The van der Waals surface area contributed by atoms with E-state index in [1.165, 1.54) is 5.56 Å². The van der Waals surface area contributed by atoms with Gasteiger partial charge in [-0.1, -0.05) is 23.7 Å². The fourth-order valence-corrected chi connectivity index (χ4v) is 3.22. The van der Waals surface area contributed by atoms with Crippen LogP contribution in [0.25, 0.3) is 0 Å². The van der Waals surface area contributed by atoms with Crippen molar-refractivity contribution >= 4 is 23.3 Å². The number of anilines is 1. The van der Waals surface area contributed by atoms with Gasteiger partial charge in [0.2, 0.25) is 0 Å². The van der Waals surface area contributed by atoms with Crippen molar-refractivity contribution in [3.05, 3.63) is 52.9 Å². The molecule has 0 spiro atoms. The lowest BCUT2D eigenvalue weighted by Crippen LogP contribution is -2.49. The van der Waals surface area contributed by atoms with Gasteiger partial charge in [0.15, 0.2) is 0 Å². The van der Waals surface area contributed by atoms with Crippen LogP contribution in [0.1, 0.15) is 29.0 Å². The molecule has 1 amide bonds. The van der Waals surface area contributed by atoms with E-state index >= 15 is 0 Å². The summed E-state index contributed by atoms with van der Waals surface area (Å²) in [4.78, 5) is 27.3. The van der Waals surface area contributed by atoms with Crippen LogP contribution in [0.5, 0.6) is 0 Å². The van der Waals surface area contributed by atoms with Crippen LogP contribution in [-0.2, 0) is 0 Å². The summed E-state index contributed by atoms with van der Waals surface area (Å²) >= 11 is 5.97. The highest BCUT2D eigenvalue weighted by Gasteiger charge is 2.26. The highest BCUT2D eigenvalue weighted by atomic mass is 35.5. The van der Waals surface area contributed by atoms with Crippen molar-refractivity contribution < 1.29 is 4.79 Å². The first-order valence-electron chi connectivity index (χ1n) is 8.74. The monoisotopic (exact) mass is 373 g/mol. The number of halogens is 1. The molecule has 2 heterocycles. The van der Waals surface area contributed by atoms with Gasteiger partial charge in [0, 0.05) is 51.3 Å². The molecule has 1 saturated heterocycles. The lowest BCUT2D eigenvalue weighted by Gasteiger charge is -2.38. The maximum absolute atomic E-state index is 12.6. The molecule has 1 atom stereocenters. The first-order valence-corrected chi connectivity index (χ1v) is 9.11. The summed E-state index contributed by atoms with van der Waals surface area (Å²) < 4.78 is 0. The number of rotatable bonds is 4. The fraction of sp³-hybridized carbons (Fsp3) is 0.421. The van der Waals surface area contributed by atoms with Crippen molar-refractivity contribution in [1.29, 1.82) is 0 Å². The van der Waals surface area contributed by atoms with Gasteiger partial charge >= 0.3 is 0 Å². The van der Waals surface area contributed by atoms with E-state index in [-0.39, 0.29) is 5.91 Å². The molecule has 1 unspecified atom stereocenters. The Labute approximate surface area is 159 Å². The second-order valence-corrected chi connectivity index (χ2v) is 7.15. The van der Waals surface area contributed by atoms with Crippen LogP contribution in [0.3, 0.4) is 0 Å². The van der Waals surface area contributed by atoms with Crippen molar-refractivity contribution in [3.63, 3.8) is 0 Å². The Bertz CT molecular complexity index is 740. The van der Waals surface area contributed by atoms with E-state index in [1.807, 2.05) is 36.0 Å². The number of hydrogen-bond donors (Lipinski definition) is 0. The van der Waals surface area contributed by atoms with Crippen molar-refractivity contribution in [1.82, 2.24) is 19.8 Å². The number of carbonyl (C=O) groups is 1. The normalized spacial score (nSPS) is 16.4. The van der Waals surface area contributed by atoms with Crippen LogP contribution in [-0.4, -0.2) is 65.9 Å². The molecule has 26 heavy (non-hydrogen) atoms. The molecule has 6 nitrogen and oxygen atoms in total. The molecule has 0 aliphatic carbocycles. The lowest BCUT2D eigenvalue weighted by molar-refractivity contribution is 0.0576. The van der Waals surface area contributed by atoms with Gasteiger partial charge in [-0.2, -0.15) is 0 Å². The zero-order valence-electron chi connectivity index (χ0n) is 15.4. The highest BCUT2D eigenvalue weighted by molar-refractivity contribution is 6.30. The minimum Gasteiger partial charge on any atom is -0.361 e. The van der Waals surface area contributed by atoms with E-state index in [1.54, 1.807) is 12.4 Å². The minimum absolute atomic E-state index is 0.0541. The summed E-state index contributed by atoms with van der Waals surface area (Å²) in [6.45, 7) is 5.23. The molecule has 0 saturated carbocycles.